The molecule has 3 aliphatic heterocycles. The van der Waals surface area contributed by atoms with E-state index in [2.05, 4.69) is 16.3 Å². The number of nitrogens with zero attached hydrogens (tertiary/aromatic N) is 2. The van der Waals surface area contributed by atoms with Crippen molar-refractivity contribution in [1.82, 2.24) is 9.80 Å². The van der Waals surface area contributed by atoms with Gasteiger partial charge in [0.2, 0.25) is 0 Å². The van der Waals surface area contributed by atoms with Crippen LogP contribution in [0.5, 0.6) is 0 Å². The Morgan fingerprint density at radius 1 is 1.15 bits per heavy atom. The van der Waals surface area contributed by atoms with E-state index in [1.807, 2.05) is 32.9 Å². The number of hydrogen-bond acceptors (Lipinski definition) is 6. The van der Waals surface area contributed by atoms with Gasteiger partial charge in [-0.2, -0.15) is 0 Å². The summed E-state index contributed by atoms with van der Waals surface area (Å²) in [5, 5.41) is 4.28. The van der Waals surface area contributed by atoms with Gasteiger partial charge in [0.1, 0.15) is 11.6 Å². The summed E-state index contributed by atoms with van der Waals surface area (Å²) in [5.41, 5.74) is 2.06. The molecule has 33 heavy (non-hydrogen) atoms. The Morgan fingerprint density at radius 2 is 1.82 bits per heavy atom. The maximum atomic E-state index is 12.9. The highest BCUT2D eigenvalue weighted by Gasteiger charge is 2.45. The van der Waals surface area contributed by atoms with E-state index >= 15 is 0 Å². The van der Waals surface area contributed by atoms with Gasteiger partial charge in [-0.25, -0.2) is 4.79 Å². The van der Waals surface area contributed by atoms with Crippen molar-refractivity contribution < 1.29 is 19.1 Å². The molecule has 3 heterocycles. The second-order valence-corrected chi connectivity index (χ2v) is 11.1. The Hall–Kier alpha value is -1.99. The summed E-state index contributed by atoms with van der Waals surface area (Å²) in [4.78, 5) is 29.4. The number of carbonyl (C=O) groups excluding carboxylic acids is 2. The van der Waals surface area contributed by atoms with E-state index in [4.69, 9.17) is 21.1 Å². The Balaban J connectivity index is 1.40. The number of benzene rings is 1. The molecule has 1 N–H and O–H groups in total. The van der Waals surface area contributed by atoms with Crippen LogP contribution >= 0.6 is 11.6 Å². The fourth-order valence-corrected chi connectivity index (χ4v) is 5.82. The average Bonchev–Trinajstić information content (AvgIpc) is 3.11. The summed E-state index contributed by atoms with van der Waals surface area (Å²) in [6, 6.07) is 5.86. The Bertz CT molecular complexity index is 884. The molecule has 0 bridgehead atoms. The summed E-state index contributed by atoms with van der Waals surface area (Å²) in [6.45, 7) is 9.42. The highest BCUT2D eigenvalue weighted by molar-refractivity contribution is 6.30. The first kappa shape index (κ1) is 24.1. The van der Waals surface area contributed by atoms with Gasteiger partial charge in [-0.05, 0) is 83.2 Å². The summed E-state index contributed by atoms with van der Waals surface area (Å²) < 4.78 is 10.8. The topological polar surface area (TPSA) is 71.1 Å². The van der Waals surface area contributed by atoms with E-state index in [0.717, 1.165) is 56.0 Å². The van der Waals surface area contributed by atoms with Crippen molar-refractivity contribution in [3.8, 4) is 0 Å². The molecule has 0 saturated carbocycles. The van der Waals surface area contributed by atoms with E-state index in [1.165, 1.54) is 12.7 Å². The lowest BCUT2D eigenvalue weighted by Gasteiger charge is -2.45. The van der Waals surface area contributed by atoms with Crippen LogP contribution < -0.4 is 5.32 Å². The van der Waals surface area contributed by atoms with Crippen LogP contribution in [0.1, 0.15) is 52.0 Å². The van der Waals surface area contributed by atoms with Crippen molar-refractivity contribution in [2.75, 3.05) is 45.2 Å². The molecule has 8 heteroatoms. The van der Waals surface area contributed by atoms with E-state index in [0.29, 0.717) is 13.1 Å². The highest BCUT2D eigenvalue weighted by Crippen LogP contribution is 2.45. The fraction of sp³-hybridized carbons (Fsp3) is 0.680. The predicted octanol–water partition coefficient (Wildman–Crippen LogP) is 4.29. The number of hydrogen-bond donors (Lipinski definition) is 1. The number of amides is 1. The second-order valence-electron chi connectivity index (χ2n) is 10.6. The molecule has 1 aromatic rings. The number of fused-ring (bicyclic) bond motifs is 2. The number of methoxy groups -OCH3 is 1. The number of halogens is 1. The fourth-order valence-electron chi connectivity index (χ4n) is 5.65. The summed E-state index contributed by atoms with van der Waals surface area (Å²) in [7, 11) is 1.47. The van der Waals surface area contributed by atoms with Crippen molar-refractivity contribution in [2.45, 2.75) is 63.5 Å². The van der Waals surface area contributed by atoms with Gasteiger partial charge in [-0.1, -0.05) is 17.7 Å². The number of carbonyl (C=O) groups is 2. The summed E-state index contributed by atoms with van der Waals surface area (Å²) in [5.74, 6) is -0.00335. The normalized spacial score (nSPS) is 21.9. The van der Waals surface area contributed by atoms with Crippen molar-refractivity contribution in [2.24, 2.45) is 5.92 Å². The van der Waals surface area contributed by atoms with E-state index in [-0.39, 0.29) is 29.4 Å². The van der Waals surface area contributed by atoms with E-state index in [9.17, 15) is 9.59 Å². The molecule has 182 valence electrons. The minimum Gasteiger partial charge on any atom is -0.468 e. The van der Waals surface area contributed by atoms with Gasteiger partial charge in [-0.3, -0.25) is 9.69 Å². The average molecular weight is 478 g/mol. The molecule has 0 radical (unpaired) electrons. The Morgan fingerprint density at radius 3 is 2.42 bits per heavy atom. The van der Waals surface area contributed by atoms with Crippen LogP contribution in [-0.2, 0) is 19.7 Å². The summed E-state index contributed by atoms with van der Waals surface area (Å²) in [6.07, 6.45) is 3.23. The second kappa shape index (κ2) is 9.34. The molecule has 1 amide bonds. The molecule has 1 unspecified atom stereocenters. The molecule has 3 aliphatic rings. The molecule has 7 nitrogen and oxygen atoms in total. The van der Waals surface area contributed by atoms with Gasteiger partial charge < -0.3 is 19.7 Å². The third-order valence-electron chi connectivity index (χ3n) is 7.40. The van der Waals surface area contributed by atoms with Gasteiger partial charge >= 0.3 is 12.1 Å². The molecule has 4 rings (SSSR count). The SMILES string of the molecule is COC(=O)C(C1CCN(C(=O)OC(C)(C)C)CC1)N1CCC2(CC1)CNc1cc(Cl)ccc12. The first-order valence-corrected chi connectivity index (χ1v) is 12.3. The number of rotatable bonds is 3. The predicted molar refractivity (Wildman–Crippen MR) is 129 cm³/mol. The van der Waals surface area contributed by atoms with Crippen molar-refractivity contribution in [3.63, 3.8) is 0 Å². The minimum absolute atomic E-state index is 0.0944. The van der Waals surface area contributed by atoms with Crippen LogP contribution in [0, 0.1) is 5.92 Å². The zero-order valence-electron chi connectivity index (χ0n) is 20.2. The molecule has 2 saturated heterocycles. The first-order valence-electron chi connectivity index (χ1n) is 12.0. The first-order chi connectivity index (χ1) is 15.6. The van der Waals surface area contributed by atoms with Crippen molar-refractivity contribution in [3.05, 3.63) is 28.8 Å². The molecule has 1 spiro atoms. The van der Waals surface area contributed by atoms with Crippen LogP contribution in [0.15, 0.2) is 18.2 Å². The molecule has 0 aliphatic carbocycles. The maximum Gasteiger partial charge on any atom is 0.410 e. The van der Waals surface area contributed by atoms with Gasteiger partial charge in [-0.15, -0.1) is 0 Å². The highest BCUT2D eigenvalue weighted by atomic mass is 35.5. The third-order valence-corrected chi connectivity index (χ3v) is 7.63. The van der Waals surface area contributed by atoms with Gasteiger partial charge in [0.15, 0.2) is 0 Å². The van der Waals surface area contributed by atoms with Crippen molar-refractivity contribution >= 4 is 29.4 Å². The van der Waals surface area contributed by atoms with E-state index in [1.54, 1.807) is 4.90 Å². The number of anilines is 1. The number of likely N-dealkylation sites (tertiary alicyclic amines) is 2. The monoisotopic (exact) mass is 477 g/mol. The standard InChI is InChI=1S/C25H36ClN3O4/c1-24(2,3)33-23(31)29-11-7-17(8-12-29)21(22(30)32-4)28-13-9-25(10-14-28)16-27-20-15-18(26)5-6-19(20)25/h5-6,15,17,21,27H,7-14,16H2,1-4H3. The largest absolute Gasteiger partial charge is 0.468 e. The molecular formula is C25H36ClN3O4. The molecular weight excluding hydrogens is 442 g/mol. The zero-order chi connectivity index (χ0) is 23.8. The van der Waals surface area contributed by atoms with Crippen LogP contribution in [0.3, 0.4) is 0 Å². The van der Waals surface area contributed by atoms with Crippen LogP contribution in [0.2, 0.25) is 5.02 Å². The number of ether oxygens (including phenoxy) is 2. The maximum absolute atomic E-state index is 12.9. The quantitative estimate of drug-likeness (QED) is 0.655. The number of piperidine rings is 2. The van der Waals surface area contributed by atoms with Crippen molar-refractivity contribution in [1.29, 1.82) is 0 Å². The molecule has 1 atom stereocenters. The van der Waals surface area contributed by atoms with Gasteiger partial charge in [0.05, 0.1) is 7.11 Å². The minimum atomic E-state index is -0.509. The Kier molecular flexibility index (Phi) is 6.83. The lowest BCUT2D eigenvalue weighted by molar-refractivity contribution is -0.151. The molecule has 2 fully saturated rings. The number of esters is 1. The smallest absolute Gasteiger partial charge is 0.410 e. The molecule has 0 aromatic heterocycles. The third kappa shape index (κ3) is 5.09. The Labute approximate surface area is 201 Å². The molecule has 1 aromatic carbocycles. The lowest BCUT2D eigenvalue weighted by atomic mass is 9.73. The summed E-state index contributed by atoms with van der Waals surface area (Å²) >= 11 is 6.18. The van der Waals surface area contributed by atoms with Crippen LogP contribution in [0.4, 0.5) is 10.5 Å². The van der Waals surface area contributed by atoms with Gasteiger partial charge in [0.25, 0.3) is 0 Å². The zero-order valence-corrected chi connectivity index (χ0v) is 20.9. The van der Waals surface area contributed by atoms with E-state index < -0.39 is 5.60 Å². The van der Waals surface area contributed by atoms with Gasteiger partial charge in [0, 0.05) is 35.8 Å². The lowest BCUT2D eigenvalue weighted by Crippen LogP contribution is -2.55. The number of nitrogens with one attached hydrogen (secondary N) is 1. The van der Waals surface area contributed by atoms with Crippen LogP contribution in [-0.4, -0.2) is 73.3 Å². The van der Waals surface area contributed by atoms with Crippen LogP contribution in [0.25, 0.3) is 0 Å².